The van der Waals surface area contributed by atoms with Gasteiger partial charge in [-0.2, -0.15) is 0 Å². The van der Waals surface area contributed by atoms with Crippen LogP contribution in [0.1, 0.15) is 74.1 Å². The topological polar surface area (TPSA) is 187 Å². The van der Waals surface area contributed by atoms with E-state index in [-0.39, 0.29) is 42.9 Å². The Balaban J connectivity index is 1.33. The highest BCUT2D eigenvalue weighted by Crippen LogP contribution is 2.43. The quantitative estimate of drug-likeness (QED) is 0.286. The number of cyclic esters (lactones) is 2. The number of fused-ring (bicyclic) bond motifs is 1. The zero-order chi connectivity index (χ0) is 38.1. The second kappa shape index (κ2) is 17.1. The molecular formula is C37H58O15. The fourth-order valence-corrected chi connectivity index (χ4v) is 8.32. The van der Waals surface area contributed by atoms with Gasteiger partial charge in [0.15, 0.2) is 18.2 Å². The number of hydrogen-bond donors (Lipinski definition) is 2. The third-order valence-electron chi connectivity index (χ3n) is 11.5. The first-order valence-corrected chi connectivity index (χ1v) is 18.6. The molecule has 4 saturated heterocycles. The van der Waals surface area contributed by atoms with Gasteiger partial charge in [-0.25, -0.2) is 9.59 Å². The van der Waals surface area contributed by atoms with Crippen LogP contribution in [-0.4, -0.2) is 134 Å². The fourth-order valence-electron chi connectivity index (χ4n) is 8.32. The first-order valence-electron chi connectivity index (χ1n) is 18.6. The summed E-state index contributed by atoms with van der Waals surface area (Å²) in [6.45, 7) is 12.8. The molecule has 2 N–H and O–H groups in total. The normalized spacial score (nSPS) is 48.4. The van der Waals surface area contributed by atoms with Gasteiger partial charge in [0.1, 0.15) is 42.4 Å². The molecule has 15 heteroatoms. The highest BCUT2D eigenvalue weighted by atomic mass is 16.8. The number of epoxide rings is 1. The van der Waals surface area contributed by atoms with Crippen LogP contribution in [0.2, 0.25) is 0 Å². The lowest BCUT2D eigenvalue weighted by Gasteiger charge is -2.46. The van der Waals surface area contributed by atoms with Gasteiger partial charge < -0.3 is 57.6 Å². The van der Waals surface area contributed by atoms with E-state index in [4.69, 9.17) is 47.4 Å². The molecule has 52 heavy (non-hydrogen) atoms. The molecule has 0 saturated carbocycles. The van der Waals surface area contributed by atoms with Crippen LogP contribution in [0.25, 0.3) is 0 Å². The number of hydrogen-bond acceptors (Lipinski definition) is 15. The molecule has 8 unspecified atom stereocenters. The molecule has 0 radical (unpaired) electrons. The number of ether oxygens (including phenoxy) is 10. The van der Waals surface area contributed by atoms with Crippen molar-refractivity contribution in [3.05, 3.63) is 12.2 Å². The highest BCUT2D eigenvalue weighted by Gasteiger charge is 2.61. The molecule has 5 aliphatic heterocycles. The number of carbonyl (C=O) groups excluding carboxylic acids is 3. The summed E-state index contributed by atoms with van der Waals surface area (Å²) in [5, 5.41) is 22.0. The molecule has 4 fully saturated rings. The van der Waals surface area contributed by atoms with Gasteiger partial charge in [-0.3, -0.25) is 4.79 Å². The first-order chi connectivity index (χ1) is 24.6. The molecule has 0 aliphatic carbocycles. The molecule has 1 spiro atoms. The van der Waals surface area contributed by atoms with Crippen molar-refractivity contribution in [2.45, 2.75) is 159 Å². The Kier molecular flexibility index (Phi) is 13.4. The lowest BCUT2D eigenvalue weighted by Crippen LogP contribution is -2.62. The summed E-state index contributed by atoms with van der Waals surface area (Å²) in [5.41, 5.74) is -1.34. The third-order valence-corrected chi connectivity index (χ3v) is 11.5. The molecule has 0 aromatic heterocycles. The number of aliphatic hydroxyl groups excluding tert-OH is 2. The number of methoxy groups -OCH3 is 2. The van der Waals surface area contributed by atoms with Crippen LogP contribution in [0.3, 0.4) is 0 Å². The smallest absolute Gasteiger partial charge is 0.459 e. The van der Waals surface area contributed by atoms with Gasteiger partial charge in [0.2, 0.25) is 0 Å². The van der Waals surface area contributed by atoms with Gasteiger partial charge >= 0.3 is 12.1 Å². The van der Waals surface area contributed by atoms with Crippen LogP contribution in [0, 0.1) is 23.7 Å². The zero-order valence-electron chi connectivity index (χ0n) is 31.7. The lowest BCUT2D eigenvalue weighted by molar-refractivity contribution is -0.308. The number of ketones is 1. The Morgan fingerprint density at radius 1 is 0.865 bits per heavy atom. The van der Waals surface area contributed by atoms with Gasteiger partial charge in [-0.1, -0.05) is 26.8 Å². The maximum Gasteiger partial charge on any atom is 0.509 e. The Hall–Kier alpha value is -2.21. The molecule has 296 valence electrons. The number of aliphatic hydroxyl groups is 2. The fraction of sp³-hybridized carbons (Fsp3) is 0.865. The number of rotatable bonds is 7. The largest absolute Gasteiger partial charge is 0.509 e. The average molecular weight is 743 g/mol. The van der Waals surface area contributed by atoms with E-state index in [9.17, 15) is 24.6 Å². The number of carbonyl (C=O) groups is 3. The van der Waals surface area contributed by atoms with Crippen molar-refractivity contribution in [3.8, 4) is 0 Å². The lowest BCUT2D eigenvalue weighted by atomic mass is 9.82. The van der Waals surface area contributed by atoms with Gasteiger partial charge in [0, 0.05) is 50.9 Å². The van der Waals surface area contributed by atoms with Crippen molar-refractivity contribution in [3.63, 3.8) is 0 Å². The van der Waals surface area contributed by atoms with E-state index in [2.05, 4.69) is 0 Å². The Morgan fingerprint density at radius 2 is 1.58 bits per heavy atom. The SMILES string of the molecule is CO[C@@H]1[C@H](O)[C@@H](C)O[C@@H](OCC2C(C)OC(=O)/C=C/C(C)C(O[C@@H]3O[C@H](C)C[C@@]4(OC(=O)O[C@H]4C)[C@H]3O)C(C)CC(C)C(=O)CCC3OC32)[C@@H]1OC. The Morgan fingerprint density at radius 3 is 2.23 bits per heavy atom. The number of Topliss-reactive ketones (excluding diaryl/α,β-unsaturated/α-hetero) is 1. The molecule has 0 aromatic rings. The van der Waals surface area contributed by atoms with E-state index in [1.165, 1.54) is 20.3 Å². The van der Waals surface area contributed by atoms with E-state index < -0.39 is 97.1 Å². The maximum absolute atomic E-state index is 13.4. The summed E-state index contributed by atoms with van der Waals surface area (Å²) in [6.07, 6.45) is -5.57. The van der Waals surface area contributed by atoms with Crippen molar-refractivity contribution in [2.75, 3.05) is 20.8 Å². The summed E-state index contributed by atoms with van der Waals surface area (Å²) < 4.78 is 58.6. The Bertz CT molecular complexity index is 1280. The monoisotopic (exact) mass is 742 g/mol. The highest BCUT2D eigenvalue weighted by molar-refractivity contribution is 5.82. The molecule has 0 amide bonds. The summed E-state index contributed by atoms with van der Waals surface area (Å²) in [6, 6.07) is 0. The van der Waals surface area contributed by atoms with Crippen molar-refractivity contribution in [2.24, 2.45) is 23.7 Å². The van der Waals surface area contributed by atoms with Crippen LogP contribution in [0.4, 0.5) is 4.79 Å². The maximum atomic E-state index is 13.4. The zero-order valence-corrected chi connectivity index (χ0v) is 31.7. The standard InChI is InChI=1S/C37H58O15/c1-17-10-13-27(39)47-21(5)24(16-45-34-32(44-9)31(43-8)28(40)22(6)48-34)30-26(50-30)12-11-25(38)18(2)14-19(3)29(17)51-35-33(41)37(15-20(4)46-35)23(7)49-36(42)52-37/h10,13,17-24,26,28-35,40-41H,11-12,14-16H2,1-9H3/b13-10+/t17?,18?,19?,20-,21?,22-,23+,24?,26?,28-,29?,30?,31-,32-,33+,34-,35+,37+/m1/s1. The molecule has 5 aliphatic rings. The minimum absolute atomic E-state index is 0.0832. The van der Waals surface area contributed by atoms with Gasteiger partial charge in [-0.15, -0.1) is 0 Å². The first kappa shape index (κ1) is 41.0. The van der Waals surface area contributed by atoms with E-state index >= 15 is 0 Å². The van der Waals surface area contributed by atoms with Gasteiger partial charge in [0.25, 0.3) is 0 Å². The molecule has 18 atom stereocenters. The van der Waals surface area contributed by atoms with Gasteiger partial charge in [-0.05, 0) is 46.5 Å². The van der Waals surface area contributed by atoms with Crippen molar-refractivity contribution < 1.29 is 72.0 Å². The molecule has 15 nitrogen and oxygen atoms in total. The van der Waals surface area contributed by atoms with Crippen LogP contribution < -0.4 is 0 Å². The molecule has 0 bridgehead atoms. The summed E-state index contributed by atoms with van der Waals surface area (Å²) in [5.74, 6) is -1.81. The molecule has 5 heterocycles. The molecular weight excluding hydrogens is 684 g/mol. The van der Waals surface area contributed by atoms with E-state index in [0.717, 1.165) is 0 Å². The third kappa shape index (κ3) is 8.84. The van der Waals surface area contributed by atoms with Crippen LogP contribution >= 0.6 is 0 Å². The summed E-state index contributed by atoms with van der Waals surface area (Å²) in [7, 11) is 2.97. The average Bonchev–Trinajstić information content (AvgIpc) is 3.79. The minimum atomic E-state index is -1.35. The van der Waals surface area contributed by atoms with E-state index in [1.807, 2.05) is 20.8 Å². The predicted octanol–water partition coefficient (Wildman–Crippen LogP) is 2.85. The van der Waals surface area contributed by atoms with Crippen LogP contribution in [0.5, 0.6) is 0 Å². The molecule has 0 aromatic carbocycles. The van der Waals surface area contributed by atoms with Crippen molar-refractivity contribution in [1.29, 1.82) is 0 Å². The van der Waals surface area contributed by atoms with Gasteiger partial charge in [0.05, 0.1) is 37.1 Å². The van der Waals surface area contributed by atoms with Crippen LogP contribution in [-0.2, 0) is 57.0 Å². The van der Waals surface area contributed by atoms with Crippen molar-refractivity contribution >= 4 is 17.9 Å². The van der Waals surface area contributed by atoms with E-state index in [1.54, 1.807) is 33.8 Å². The predicted molar refractivity (Wildman–Crippen MR) is 181 cm³/mol. The second-order valence-electron chi connectivity index (χ2n) is 15.3. The molecule has 5 rings (SSSR count). The Labute approximate surface area is 305 Å². The van der Waals surface area contributed by atoms with Crippen LogP contribution in [0.15, 0.2) is 12.2 Å². The second-order valence-corrected chi connectivity index (χ2v) is 15.3. The minimum Gasteiger partial charge on any atom is -0.459 e. The summed E-state index contributed by atoms with van der Waals surface area (Å²) in [4.78, 5) is 38.8. The van der Waals surface area contributed by atoms with Crippen molar-refractivity contribution in [1.82, 2.24) is 0 Å². The van der Waals surface area contributed by atoms with E-state index in [0.29, 0.717) is 19.3 Å². The summed E-state index contributed by atoms with van der Waals surface area (Å²) >= 11 is 0. The number of esters is 1.